The Morgan fingerprint density at radius 1 is 1.22 bits per heavy atom. The van der Waals surface area contributed by atoms with Gasteiger partial charge in [0.1, 0.15) is 23.1 Å². The SMILES string of the molecule is Cc1ncc2c(n1)C(F)=CCC2NC1c2ccc(Cl)c(O)c2C(C)(C)CC1(O)C(F)(F)F. The van der Waals surface area contributed by atoms with Gasteiger partial charge in [-0.05, 0) is 42.9 Å². The van der Waals surface area contributed by atoms with Crippen molar-refractivity contribution in [3.8, 4) is 5.75 Å². The molecule has 1 heterocycles. The summed E-state index contributed by atoms with van der Waals surface area (Å²) in [7, 11) is 0. The predicted octanol–water partition coefficient (Wildman–Crippen LogP) is 5.20. The Labute approximate surface area is 187 Å². The van der Waals surface area contributed by atoms with E-state index in [1.54, 1.807) is 6.92 Å². The minimum absolute atomic E-state index is 0.00455. The zero-order valence-electron chi connectivity index (χ0n) is 17.6. The monoisotopic (exact) mass is 471 g/mol. The maximum absolute atomic E-state index is 14.4. The third-order valence-corrected chi connectivity index (χ3v) is 6.57. The number of rotatable bonds is 2. The summed E-state index contributed by atoms with van der Waals surface area (Å²) in [6.07, 6.45) is -3.05. The van der Waals surface area contributed by atoms with Gasteiger partial charge in [0.25, 0.3) is 0 Å². The average Bonchev–Trinajstić information content (AvgIpc) is 2.67. The summed E-state index contributed by atoms with van der Waals surface area (Å²) in [6, 6.07) is 0.223. The number of hydrogen-bond acceptors (Lipinski definition) is 5. The smallest absolute Gasteiger partial charge is 0.419 e. The highest BCUT2D eigenvalue weighted by molar-refractivity contribution is 6.32. The second-order valence-corrected chi connectivity index (χ2v) is 9.41. The number of benzene rings is 1. The number of aliphatic hydroxyl groups is 1. The first kappa shape index (κ1) is 22.9. The molecule has 32 heavy (non-hydrogen) atoms. The van der Waals surface area contributed by atoms with Crippen LogP contribution in [0.4, 0.5) is 17.6 Å². The normalized spacial score (nSPS) is 26.8. The van der Waals surface area contributed by atoms with Gasteiger partial charge in [0.15, 0.2) is 5.60 Å². The second-order valence-electron chi connectivity index (χ2n) is 9.00. The van der Waals surface area contributed by atoms with Crippen molar-refractivity contribution in [2.24, 2.45) is 0 Å². The van der Waals surface area contributed by atoms with Crippen molar-refractivity contribution in [2.75, 3.05) is 0 Å². The van der Waals surface area contributed by atoms with E-state index in [1.807, 2.05) is 0 Å². The lowest BCUT2D eigenvalue weighted by Gasteiger charge is -2.50. The minimum atomic E-state index is -4.99. The van der Waals surface area contributed by atoms with E-state index in [0.717, 1.165) is 0 Å². The van der Waals surface area contributed by atoms with Gasteiger partial charge in [0.05, 0.1) is 11.1 Å². The summed E-state index contributed by atoms with van der Waals surface area (Å²) in [5.41, 5.74) is -3.78. The zero-order chi connectivity index (χ0) is 23.6. The largest absolute Gasteiger partial charge is 0.506 e. The van der Waals surface area contributed by atoms with Gasteiger partial charge in [-0.15, -0.1) is 0 Å². The molecular weight excluding hydrogens is 450 g/mol. The van der Waals surface area contributed by atoms with Crippen molar-refractivity contribution < 1.29 is 27.8 Å². The topological polar surface area (TPSA) is 78.3 Å². The molecule has 3 N–H and O–H groups in total. The van der Waals surface area contributed by atoms with Crippen LogP contribution < -0.4 is 5.32 Å². The van der Waals surface area contributed by atoms with Gasteiger partial charge in [-0.1, -0.05) is 31.5 Å². The molecule has 0 fully saturated rings. The number of nitrogens with zero attached hydrogens (tertiary/aromatic N) is 2. The van der Waals surface area contributed by atoms with E-state index in [0.29, 0.717) is 11.4 Å². The molecule has 0 bridgehead atoms. The number of aromatic hydroxyl groups is 1. The van der Waals surface area contributed by atoms with E-state index >= 15 is 0 Å². The summed E-state index contributed by atoms with van der Waals surface area (Å²) < 4.78 is 57.2. The molecule has 1 aromatic heterocycles. The minimum Gasteiger partial charge on any atom is -0.506 e. The lowest BCUT2D eigenvalue weighted by Crippen LogP contribution is -2.60. The molecule has 10 heteroatoms. The molecule has 2 aliphatic carbocycles. The van der Waals surface area contributed by atoms with E-state index in [4.69, 9.17) is 11.6 Å². The van der Waals surface area contributed by atoms with Crippen LogP contribution >= 0.6 is 11.6 Å². The van der Waals surface area contributed by atoms with E-state index in [1.165, 1.54) is 38.3 Å². The Morgan fingerprint density at radius 3 is 2.56 bits per heavy atom. The number of phenols is 1. The Bertz CT molecular complexity index is 1120. The van der Waals surface area contributed by atoms with E-state index in [-0.39, 0.29) is 34.0 Å². The first-order valence-corrected chi connectivity index (χ1v) is 10.4. The highest BCUT2D eigenvalue weighted by Gasteiger charge is 2.64. The van der Waals surface area contributed by atoms with Gasteiger partial charge in [-0.3, -0.25) is 5.32 Å². The summed E-state index contributed by atoms with van der Waals surface area (Å²) in [4.78, 5) is 8.14. The average molecular weight is 472 g/mol. The maximum Gasteiger partial charge on any atom is 0.419 e. The van der Waals surface area contributed by atoms with Crippen molar-refractivity contribution in [1.29, 1.82) is 0 Å². The van der Waals surface area contributed by atoms with Crippen LogP contribution in [0.15, 0.2) is 24.4 Å². The van der Waals surface area contributed by atoms with Crippen LogP contribution in [0.1, 0.15) is 67.0 Å². The van der Waals surface area contributed by atoms with Gasteiger partial charge in [0.2, 0.25) is 0 Å². The zero-order valence-corrected chi connectivity index (χ0v) is 18.3. The molecule has 172 valence electrons. The molecule has 0 aliphatic heterocycles. The molecule has 0 saturated heterocycles. The molecule has 3 unspecified atom stereocenters. The van der Waals surface area contributed by atoms with Crippen LogP contribution in [0.3, 0.4) is 0 Å². The molecule has 2 aromatic rings. The quantitative estimate of drug-likeness (QED) is 0.524. The Hall–Kier alpha value is -2.23. The predicted molar refractivity (Wildman–Crippen MR) is 111 cm³/mol. The summed E-state index contributed by atoms with van der Waals surface area (Å²) >= 11 is 6.05. The van der Waals surface area contributed by atoms with E-state index in [2.05, 4.69) is 15.3 Å². The first-order chi connectivity index (χ1) is 14.8. The van der Waals surface area contributed by atoms with Crippen LogP contribution in [-0.4, -0.2) is 32.0 Å². The molecule has 0 radical (unpaired) electrons. The number of nitrogens with one attached hydrogen (secondary N) is 1. The standard InChI is InChI=1S/C22H22ClF4N3O2/c1-10-28-8-12-15(7-6-14(24)17(12)29-10)30-19-11-4-5-13(23)18(31)16(11)20(2,3)9-21(19,32)22(25,26)27/h4-6,8,15,19,30-32H,7,9H2,1-3H3. The van der Waals surface area contributed by atoms with Crippen molar-refractivity contribution >= 4 is 17.4 Å². The Morgan fingerprint density at radius 2 is 1.91 bits per heavy atom. The highest BCUT2D eigenvalue weighted by atomic mass is 35.5. The van der Waals surface area contributed by atoms with Crippen LogP contribution in [0.5, 0.6) is 5.75 Å². The first-order valence-electron chi connectivity index (χ1n) is 10.0. The summed E-state index contributed by atoms with van der Waals surface area (Å²) in [5.74, 6) is -0.576. The number of aromatic nitrogens is 2. The fourth-order valence-electron chi connectivity index (χ4n) is 4.88. The number of fused-ring (bicyclic) bond motifs is 2. The Kier molecular flexibility index (Phi) is 5.30. The summed E-state index contributed by atoms with van der Waals surface area (Å²) in [6.45, 7) is 4.61. The molecule has 3 atom stereocenters. The fourth-order valence-corrected chi connectivity index (χ4v) is 5.03. The van der Waals surface area contributed by atoms with Gasteiger partial charge < -0.3 is 10.2 Å². The van der Waals surface area contributed by atoms with E-state index in [9.17, 15) is 27.8 Å². The number of alkyl halides is 3. The summed E-state index contributed by atoms with van der Waals surface area (Å²) in [5, 5.41) is 24.5. The van der Waals surface area contributed by atoms with Crippen LogP contribution in [0.2, 0.25) is 5.02 Å². The molecule has 0 saturated carbocycles. The second kappa shape index (κ2) is 7.40. The molecular formula is C22H22ClF4N3O2. The fraction of sp³-hybridized carbons (Fsp3) is 0.455. The van der Waals surface area contributed by atoms with Gasteiger partial charge in [0, 0.05) is 23.4 Å². The van der Waals surface area contributed by atoms with Crippen molar-refractivity contribution in [3.05, 3.63) is 57.6 Å². The molecule has 2 aliphatic rings. The van der Waals surface area contributed by atoms with E-state index < -0.39 is 41.5 Å². The number of hydrogen-bond donors (Lipinski definition) is 3. The maximum atomic E-state index is 14.4. The Balaban J connectivity index is 1.88. The molecule has 1 aromatic carbocycles. The van der Waals surface area contributed by atoms with Gasteiger partial charge in [-0.25, -0.2) is 14.4 Å². The van der Waals surface area contributed by atoms with Crippen molar-refractivity contribution in [3.63, 3.8) is 0 Å². The number of phenolic OH excluding ortho intramolecular Hbond substituents is 1. The lowest BCUT2D eigenvalue weighted by atomic mass is 9.63. The third kappa shape index (κ3) is 3.47. The third-order valence-electron chi connectivity index (χ3n) is 6.27. The van der Waals surface area contributed by atoms with Crippen LogP contribution in [-0.2, 0) is 5.41 Å². The lowest BCUT2D eigenvalue weighted by molar-refractivity contribution is -0.282. The van der Waals surface area contributed by atoms with Crippen LogP contribution in [0, 0.1) is 6.92 Å². The van der Waals surface area contributed by atoms with Gasteiger partial charge in [-0.2, -0.15) is 13.2 Å². The van der Waals surface area contributed by atoms with Gasteiger partial charge >= 0.3 is 6.18 Å². The molecule has 5 nitrogen and oxygen atoms in total. The molecule has 0 amide bonds. The molecule has 4 rings (SSSR count). The highest BCUT2D eigenvalue weighted by Crippen LogP contribution is 2.57. The number of halogens is 5. The van der Waals surface area contributed by atoms with Crippen molar-refractivity contribution in [2.45, 2.75) is 62.9 Å². The molecule has 0 spiro atoms. The number of aryl methyl sites for hydroxylation is 1. The van der Waals surface area contributed by atoms with Crippen molar-refractivity contribution in [1.82, 2.24) is 15.3 Å². The van der Waals surface area contributed by atoms with Crippen LogP contribution in [0.25, 0.3) is 5.83 Å².